The highest BCUT2D eigenvalue weighted by atomic mass is 32.2. The second-order valence-corrected chi connectivity index (χ2v) is 12.8. The average Bonchev–Trinajstić information content (AvgIpc) is 2.76. The van der Waals surface area contributed by atoms with Crippen molar-refractivity contribution in [3.8, 4) is 0 Å². The van der Waals surface area contributed by atoms with Gasteiger partial charge in [0.2, 0.25) is 6.41 Å². The van der Waals surface area contributed by atoms with E-state index >= 15 is 0 Å². The maximum atomic E-state index is 11.9. The van der Waals surface area contributed by atoms with Gasteiger partial charge in [-0.2, -0.15) is 11.8 Å². The van der Waals surface area contributed by atoms with Gasteiger partial charge >= 0.3 is 0 Å². The monoisotopic (exact) mass is 524 g/mol. The number of carbonyl (C=O) groups is 1. The van der Waals surface area contributed by atoms with Crippen LogP contribution >= 0.6 is 19.6 Å². The van der Waals surface area contributed by atoms with Gasteiger partial charge in [0.15, 0.2) is 0 Å². The SMILES string of the molecule is CCCCCCCCCCCCCCCCSC[C@H](COP(=O)([O-])OCC[N+](C)(C)C)NC=O. The first kappa shape index (κ1) is 33.9. The summed E-state index contributed by atoms with van der Waals surface area (Å²) in [6.07, 6.45) is 19.4. The van der Waals surface area contributed by atoms with Crippen molar-refractivity contribution in [2.45, 2.75) is 103 Å². The molecule has 0 rings (SSSR count). The number of likely N-dealkylation sites (N-methyl/N-ethyl adjacent to an activating group) is 1. The summed E-state index contributed by atoms with van der Waals surface area (Å²) in [5, 5.41) is 2.64. The molecule has 0 aromatic heterocycles. The zero-order valence-electron chi connectivity index (χ0n) is 22.4. The molecule has 0 aliphatic heterocycles. The molecule has 204 valence electrons. The first-order valence-electron chi connectivity index (χ1n) is 13.4. The highest BCUT2D eigenvalue weighted by Crippen LogP contribution is 2.38. The van der Waals surface area contributed by atoms with Crippen LogP contribution < -0.4 is 10.2 Å². The molecule has 0 spiro atoms. The molecular weight excluding hydrogens is 471 g/mol. The molecule has 0 aliphatic carbocycles. The van der Waals surface area contributed by atoms with Gasteiger partial charge in [-0.05, 0) is 12.2 Å². The van der Waals surface area contributed by atoms with Crippen molar-refractivity contribution in [1.29, 1.82) is 0 Å². The summed E-state index contributed by atoms with van der Waals surface area (Å²) in [7, 11) is 1.52. The maximum Gasteiger partial charge on any atom is 0.268 e. The average molecular weight is 525 g/mol. The number of amides is 1. The van der Waals surface area contributed by atoms with E-state index in [0.29, 0.717) is 23.2 Å². The standard InChI is InChI=1S/C25H53N2O5PS/c1-5-6-7-8-9-10-11-12-13-14-15-16-17-18-21-34-23-25(26-24-28)22-32-33(29,30)31-20-19-27(2,3)4/h24-25H,5-23H2,1-4H3,(H-,26,28,29,30)/t25-/m0/s1. The first-order chi connectivity index (χ1) is 16.2. The van der Waals surface area contributed by atoms with Crippen molar-refractivity contribution in [3.05, 3.63) is 0 Å². The lowest BCUT2D eigenvalue weighted by Crippen LogP contribution is -2.38. The molecule has 0 aromatic carbocycles. The predicted molar refractivity (Wildman–Crippen MR) is 143 cm³/mol. The molecule has 0 bridgehead atoms. The Morgan fingerprint density at radius 3 is 1.85 bits per heavy atom. The largest absolute Gasteiger partial charge is 0.756 e. The van der Waals surface area contributed by atoms with Gasteiger partial charge in [0.25, 0.3) is 7.82 Å². The van der Waals surface area contributed by atoms with Crippen LogP contribution in [0.3, 0.4) is 0 Å². The summed E-state index contributed by atoms with van der Waals surface area (Å²) in [6, 6.07) is -0.349. The molecular formula is C25H53N2O5PS. The fourth-order valence-corrected chi connectivity index (χ4v) is 5.30. The molecule has 7 nitrogen and oxygen atoms in total. The Hall–Kier alpha value is -0.110. The lowest BCUT2D eigenvalue weighted by Gasteiger charge is -2.28. The molecule has 0 radical (unpaired) electrons. The quantitative estimate of drug-likeness (QED) is 0.0693. The lowest BCUT2D eigenvalue weighted by atomic mass is 10.0. The smallest absolute Gasteiger partial charge is 0.268 e. The number of hydrogen-bond donors (Lipinski definition) is 1. The van der Waals surface area contributed by atoms with E-state index in [1.165, 1.54) is 83.5 Å². The van der Waals surface area contributed by atoms with Crippen molar-refractivity contribution in [2.24, 2.45) is 0 Å². The zero-order chi connectivity index (χ0) is 25.5. The molecule has 0 saturated carbocycles. The molecule has 0 aliphatic rings. The van der Waals surface area contributed by atoms with E-state index in [2.05, 4.69) is 12.2 Å². The Labute approximate surface area is 214 Å². The number of phosphoric acid groups is 1. The van der Waals surface area contributed by atoms with Crippen molar-refractivity contribution < 1.29 is 27.8 Å². The van der Waals surface area contributed by atoms with Crippen LogP contribution in [0.25, 0.3) is 0 Å². The number of phosphoric ester groups is 1. The van der Waals surface area contributed by atoms with Crippen molar-refractivity contribution in [1.82, 2.24) is 5.32 Å². The molecule has 0 aromatic rings. The minimum absolute atomic E-state index is 0.0733. The van der Waals surface area contributed by atoms with E-state index in [9.17, 15) is 14.3 Å². The number of rotatable bonds is 26. The number of thioether (sulfide) groups is 1. The number of nitrogens with one attached hydrogen (secondary N) is 1. The summed E-state index contributed by atoms with van der Waals surface area (Å²) < 4.78 is 22.4. The van der Waals surface area contributed by atoms with Crippen LogP contribution in [0.1, 0.15) is 96.8 Å². The van der Waals surface area contributed by atoms with E-state index in [4.69, 9.17) is 9.05 Å². The number of carbonyl (C=O) groups excluding carboxylic acids is 1. The van der Waals surface area contributed by atoms with E-state index in [1.807, 2.05) is 21.1 Å². The molecule has 1 amide bonds. The third-order valence-corrected chi connectivity index (χ3v) is 7.89. The number of nitrogens with zero attached hydrogens (tertiary/aromatic N) is 1. The van der Waals surface area contributed by atoms with Crippen LogP contribution in [0, 0.1) is 0 Å². The molecule has 0 fully saturated rings. The van der Waals surface area contributed by atoms with Gasteiger partial charge in [-0.3, -0.25) is 9.36 Å². The topological polar surface area (TPSA) is 87.7 Å². The molecule has 2 atom stereocenters. The van der Waals surface area contributed by atoms with Gasteiger partial charge in [0, 0.05) is 5.75 Å². The van der Waals surface area contributed by atoms with Crippen molar-refractivity contribution in [3.63, 3.8) is 0 Å². The third-order valence-electron chi connectivity index (χ3n) is 5.71. The predicted octanol–water partition coefficient (Wildman–Crippen LogP) is 5.52. The highest BCUT2D eigenvalue weighted by molar-refractivity contribution is 7.99. The van der Waals surface area contributed by atoms with Gasteiger partial charge in [-0.1, -0.05) is 90.4 Å². The number of quaternary nitrogens is 1. The van der Waals surface area contributed by atoms with Gasteiger partial charge in [0.05, 0.1) is 33.8 Å². The summed E-state index contributed by atoms with van der Waals surface area (Å²) in [5.41, 5.74) is 0. The zero-order valence-corrected chi connectivity index (χ0v) is 24.1. The Morgan fingerprint density at radius 1 is 0.882 bits per heavy atom. The molecule has 0 heterocycles. The maximum absolute atomic E-state index is 11.9. The number of hydrogen-bond acceptors (Lipinski definition) is 6. The van der Waals surface area contributed by atoms with E-state index in [1.54, 1.807) is 11.8 Å². The van der Waals surface area contributed by atoms with E-state index in [0.717, 1.165) is 12.2 Å². The van der Waals surface area contributed by atoms with Crippen LogP contribution in [0.4, 0.5) is 0 Å². The van der Waals surface area contributed by atoms with Gasteiger partial charge in [0.1, 0.15) is 13.2 Å². The second-order valence-electron chi connectivity index (χ2n) is 10.2. The van der Waals surface area contributed by atoms with Gasteiger partial charge in [-0.25, -0.2) is 0 Å². The van der Waals surface area contributed by atoms with Crippen LogP contribution in [-0.4, -0.2) is 69.3 Å². The molecule has 9 heteroatoms. The van der Waals surface area contributed by atoms with Crippen LogP contribution in [0.5, 0.6) is 0 Å². The van der Waals surface area contributed by atoms with Crippen LogP contribution in [0.2, 0.25) is 0 Å². The molecule has 0 saturated heterocycles. The van der Waals surface area contributed by atoms with Crippen LogP contribution in [0.15, 0.2) is 0 Å². The van der Waals surface area contributed by atoms with E-state index in [-0.39, 0.29) is 19.3 Å². The van der Waals surface area contributed by atoms with Crippen molar-refractivity contribution >= 4 is 26.0 Å². The van der Waals surface area contributed by atoms with Crippen molar-refractivity contribution in [2.75, 3.05) is 52.4 Å². The Morgan fingerprint density at radius 2 is 1.38 bits per heavy atom. The van der Waals surface area contributed by atoms with Gasteiger partial charge < -0.3 is 23.7 Å². The molecule has 1 N–H and O–H groups in total. The molecule has 1 unspecified atom stereocenters. The number of unbranched alkanes of at least 4 members (excludes halogenated alkanes) is 13. The highest BCUT2D eigenvalue weighted by Gasteiger charge is 2.16. The minimum atomic E-state index is -4.36. The summed E-state index contributed by atoms with van der Waals surface area (Å²) in [4.78, 5) is 22.7. The summed E-state index contributed by atoms with van der Waals surface area (Å²) in [5.74, 6) is 1.63. The fraction of sp³-hybridized carbons (Fsp3) is 0.960. The van der Waals surface area contributed by atoms with Crippen LogP contribution in [-0.2, 0) is 18.4 Å². The van der Waals surface area contributed by atoms with Gasteiger partial charge in [-0.15, -0.1) is 0 Å². The van der Waals surface area contributed by atoms with E-state index < -0.39 is 7.82 Å². The fourth-order valence-electron chi connectivity index (χ4n) is 3.51. The molecule has 34 heavy (non-hydrogen) atoms. The third kappa shape index (κ3) is 25.0. The normalized spacial score (nSPS) is 14.6. The minimum Gasteiger partial charge on any atom is -0.756 e. The summed E-state index contributed by atoms with van der Waals surface area (Å²) >= 11 is 1.72. The first-order valence-corrected chi connectivity index (χ1v) is 16.0. The Kier molecular flexibility index (Phi) is 22.0. The Balaban J connectivity index is 3.65. The lowest BCUT2D eigenvalue weighted by molar-refractivity contribution is -0.870. The summed E-state index contributed by atoms with van der Waals surface area (Å²) in [6.45, 7) is 2.79. The Bertz CT molecular complexity index is 520. The second kappa shape index (κ2) is 22.1.